The number of H-pyrrole nitrogens is 1. The molecular formula is C28H29N3O3S. The highest BCUT2D eigenvalue weighted by Gasteiger charge is 2.15. The van der Waals surface area contributed by atoms with Gasteiger partial charge in [-0.1, -0.05) is 17.8 Å². The third kappa shape index (κ3) is 6.25. The number of carbonyl (C=O) groups is 1. The molecule has 0 aliphatic heterocycles. The number of anilines is 1. The summed E-state index contributed by atoms with van der Waals surface area (Å²) in [6.45, 7) is 4.05. The van der Waals surface area contributed by atoms with Gasteiger partial charge in [-0.3, -0.25) is 4.79 Å². The van der Waals surface area contributed by atoms with E-state index in [1.165, 1.54) is 11.8 Å². The van der Waals surface area contributed by atoms with E-state index in [0.717, 1.165) is 56.0 Å². The van der Waals surface area contributed by atoms with E-state index in [1.54, 1.807) is 14.2 Å². The number of ether oxygens (including phenoxy) is 2. The van der Waals surface area contributed by atoms with Gasteiger partial charge in [-0.05, 0) is 85.6 Å². The lowest BCUT2D eigenvalue weighted by Gasteiger charge is -2.07. The number of aryl methyl sites for hydroxylation is 2. The maximum absolute atomic E-state index is 12.5. The van der Waals surface area contributed by atoms with Crippen molar-refractivity contribution in [1.82, 2.24) is 9.97 Å². The van der Waals surface area contributed by atoms with E-state index in [2.05, 4.69) is 16.4 Å². The van der Waals surface area contributed by atoms with Crippen molar-refractivity contribution in [1.29, 1.82) is 0 Å². The van der Waals surface area contributed by atoms with E-state index in [-0.39, 0.29) is 5.91 Å². The monoisotopic (exact) mass is 487 g/mol. The van der Waals surface area contributed by atoms with Gasteiger partial charge in [-0.25, -0.2) is 4.98 Å². The molecule has 0 saturated carbocycles. The summed E-state index contributed by atoms with van der Waals surface area (Å²) in [5.41, 5.74) is 6.83. The van der Waals surface area contributed by atoms with Crippen molar-refractivity contribution < 1.29 is 14.3 Å². The highest BCUT2D eigenvalue weighted by Crippen LogP contribution is 2.34. The van der Waals surface area contributed by atoms with E-state index in [1.807, 2.05) is 74.5 Å². The Hall–Kier alpha value is -3.71. The summed E-state index contributed by atoms with van der Waals surface area (Å²) in [5.74, 6) is 2.18. The van der Waals surface area contributed by atoms with Gasteiger partial charge in [-0.15, -0.1) is 0 Å². The first-order valence-electron chi connectivity index (χ1n) is 11.3. The molecule has 180 valence electrons. The Labute approximate surface area is 210 Å². The number of benzene rings is 3. The summed E-state index contributed by atoms with van der Waals surface area (Å²) in [4.78, 5) is 20.8. The second kappa shape index (κ2) is 11.1. The predicted octanol–water partition coefficient (Wildman–Crippen LogP) is 6.50. The molecule has 0 unspecified atom stereocenters. The average Bonchev–Trinajstić information content (AvgIpc) is 3.27. The topological polar surface area (TPSA) is 76.2 Å². The van der Waals surface area contributed by atoms with Gasteiger partial charge in [0.2, 0.25) is 5.91 Å². The Morgan fingerprint density at radius 1 is 0.886 bits per heavy atom. The largest absolute Gasteiger partial charge is 0.497 e. The van der Waals surface area contributed by atoms with Crippen LogP contribution in [0.25, 0.3) is 22.5 Å². The Morgan fingerprint density at radius 3 is 2.03 bits per heavy atom. The van der Waals surface area contributed by atoms with Crippen LogP contribution in [0.5, 0.6) is 11.5 Å². The quantitative estimate of drug-likeness (QED) is 0.264. The number of carbonyl (C=O) groups excluding carboxylic acids is 1. The summed E-state index contributed by atoms with van der Waals surface area (Å²) in [5, 5.41) is 3.76. The van der Waals surface area contributed by atoms with Crippen molar-refractivity contribution in [3.8, 4) is 34.0 Å². The molecule has 6 nitrogen and oxygen atoms in total. The second-order valence-corrected chi connectivity index (χ2v) is 9.33. The van der Waals surface area contributed by atoms with Crippen molar-refractivity contribution in [2.75, 3.05) is 25.3 Å². The molecule has 1 amide bonds. The summed E-state index contributed by atoms with van der Waals surface area (Å²) in [6, 6.07) is 21.7. The molecule has 0 bridgehead atoms. The Kier molecular flexibility index (Phi) is 7.77. The zero-order valence-electron chi connectivity index (χ0n) is 20.3. The number of hydrogen-bond donors (Lipinski definition) is 2. The lowest BCUT2D eigenvalue weighted by Crippen LogP contribution is -2.12. The van der Waals surface area contributed by atoms with Gasteiger partial charge in [0.1, 0.15) is 11.5 Å². The fraction of sp³-hybridized carbons (Fsp3) is 0.214. The Balaban J connectivity index is 1.50. The highest BCUT2D eigenvalue weighted by atomic mass is 32.2. The lowest BCUT2D eigenvalue weighted by atomic mass is 10.0. The predicted molar refractivity (Wildman–Crippen MR) is 142 cm³/mol. The van der Waals surface area contributed by atoms with Gasteiger partial charge < -0.3 is 19.8 Å². The van der Waals surface area contributed by atoms with Gasteiger partial charge in [0.25, 0.3) is 0 Å². The van der Waals surface area contributed by atoms with Crippen molar-refractivity contribution in [2.24, 2.45) is 0 Å². The molecule has 4 rings (SSSR count). The summed E-state index contributed by atoms with van der Waals surface area (Å²) >= 11 is 1.53. The number of nitrogens with one attached hydrogen (secondary N) is 2. The fourth-order valence-electron chi connectivity index (χ4n) is 3.85. The molecule has 0 radical (unpaired) electrons. The number of nitrogens with zero attached hydrogens (tertiary/aromatic N) is 1. The molecule has 0 spiro atoms. The Morgan fingerprint density at radius 2 is 1.46 bits per heavy atom. The number of aromatic amines is 1. The number of imidazole rings is 1. The molecule has 0 fully saturated rings. The smallest absolute Gasteiger partial charge is 0.225 e. The van der Waals surface area contributed by atoms with Crippen LogP contribution in [0.1, 0.15) is 17.5 Å². The van der Waals surface area contributed by atoms with Crippen molar-refractivity contribution in [3.63, 3.8) is 0 Å². The molecule has 35 heavy (non-hydrogen) atoms. The molecule has 1 heterocycles. The maximum atomic E-state index is 12.5. The van der Waals surface area contributed by atoms with Crippen LogP contribution in [0.2, 0.25) is 0 Å². The van der Waals surface area contributed by atoms with Gasteiger partial charge in [-0.2, -0.15) is 0 Å². The van der Waals surface area contributed by atoms with E-state index in [0.29, 0.717) is 12.2 Å². The third-order valence-electron chi connectivity index (χ3n) is 5.50. The minimum absolute atomic E-state index is 0.0141. The molecule has 0 aliphatic carbocycles. The molecule has 0 atom stereocenters. The third-order valence-corrected chi connectivity index (χ3v) is 6.37. The average molecular weight is 488 g/mol. The number of amides is 1. The number of rotatable bonds is 9. The van der Waals surface area contributed by atoms with Crippen molar-refractivity contribution in [3.05, 3.63) is 77.9 Å². The molecule has 0 aliphatic rings. The van der Waals surface area contributed by atoms with Crippen LogP contribution in [-0.4, -0.2) is 35.8 Å². The van der Waals surface area contributed by atoms with Crippen LogP contribution < -0.4 is 14.8 Å². The molecular weight excluding hydrogens is 458 g/mol. The van der Waals surface area contributed by atoms with E-state index in [9.17, 15) is 4.79 Å². The molecule has 3 aromatic carbocycles. The normalized spacial score (nSPS) is 10.7. The van der Waals surface area contributed by atoms with Crippen LogP contribution in [0.3, 0.4) is 0 Å². The van der Waals surface area contributed by atoms with Crippen LogP contribution in [0, 0.1) is 13.8 Å². The molecule has 7 heteroatoms. The number of methoxy groups -OCH3 is 2. The first-order chi connectivity index (χ1) is 16.9. The van der Waals surface area contributed by atoms with Crippen LogP contribution in [-0.2, 0) is 4.79 Å². The van der Waals surface area contributed by atoms with Crippen molar-refractivity contribution >= 4 is 23.4 Å². The van der Waals surface area contributed by atoms with Crippen LogP contribution in [0.4, 0.5) is 5.69 Å². The van der Waals surface area contributed by atoms with Crippen molar-refractivity contribution in [2.45, 2.75) is 25.4 Å². The van der Waals surface area contributed by atoms with Crippen LogP contribution in [0.15, 0.2) is 71.9 Å². The summed E-state index contributed by atoms with van der Waals surface area (Å²) in [6.07, 6.45) is 0.383. The van der Waals surface area contributed by atoms with E-state index < -0.39 is 0 Å². The number of aromatic nitrogens is 2. The Bertz CT molecular complexity index is 1210. The van der Waals surface area contributed by atoms with Gasteiger partial charge in [0, 0.05) is 29.0 Å². The van der Waals surface area contributed by atoms with Gasteiger partial charge in [0.15, 0.2) is 5.16 Å². The first kappa shape index (κ1) is 24.4. The van der Waals surface area contributed by atoms with Gasteiger partial charge >= 0.3 is 0 Å². The van der Waals surface area contributed by atoms with Crippen LogP contribution >= 0.6 is 11.8 Å². The number of thioether (sulfide) groups is 1. The molecule has 4 aromatic rings. The molecule has 1 aromatic heterocycles. The zero-order valence-corrected chi connectivity index (χ0v) is 21.2. The van der Waals surface area contributed by atoms with E-state index >= 15 is 0 Å². The second-order valence-electron chi connectivity index (χ2n) is 8.25. The van der Waals surface area contributed by atoms with E-state index in [4.69, 9.17) is 14.5 Å². The standard InChI is InChI=1S/C28H29N3O3S/c1-18-15-19(2)17-22(16-18)29-25(32)13-14-35-28-30-26(20-5-9-23(33-3)10-6-20)27(31-28)21-7-11-24(34-4)12-8-21/h5-12,15-17H,13-14H2,1-4H3,(H,29,32)(H,30,31). The SMILES string of the molecule is COc1ccc(-c2nc(SCCC(=O)Nc3cc(C)cc(C)c3)[nH]c2-c2ccc(OC)cc2)cc1. The lowest BCUT2D eigenvalue weighted by molar-refractivity contribution is -0.115. The molecule has 2 N–H and O–H groups in total. The first-order valence-corrected chi connectivity index (χ1v) is 12.3. The zero-order chi connectivity index (χ0) is 24.8. The minimum atomic E-state index is -0.0141. The summed E-state index contributed by atoms with van der Waals surface area (Å²) < 4.78 is 10.6. The minimum Gasteiger partial charge on any atom is -0.497 e. The molecule has 0 saturated heterocycles. The highest BCUT2D eigenvalue weighted by molar-refractivity contribution is 7.99. The number of hydrogen-bond acceptors (Lipinski definition) is 5. The summed E-state index contributed by atoms with van der Waals surface area (Å²) in [7, 11) is 3.30. The fourth-order valence-corrected chi connectivity index (χ4v) is 4.67. The van der Waals surface area contributed by atoms with Gasteiger partial charge in [0.05, 0.1) is 25.6 Å². The maximum Gasteiger partial charge on any atom is 0.225 e.